The summed E-state index contributed by atoms with van der Waals surface area (Å²) in [6.45, 7) is 3.79. The number of amides is 1. The number of rotatable bonds is 4. The number of fused-ring (bicyclic) bond motifs is 3. The Morgan fingerprint density at radius 3 is 2.70 bits per heavy atom. The van der Waals surface area contributed by atoms with Gasteiger partial charge in [-0.05, 0) is 43.7 Å². The third-order valence-electron chi connectivity index (χ3n) is 6.24. The van der Waals surface area contributed by atoms with Gasteiger partial charge in [0.05, 0.1) is 17.0 Å². The number of likely N-dealkylation sites (N-methyl/N-ethyl adjacent to an activating group) is 1. The molecule has 0 saturated carbocycles. The highest BCUT2D eigenvalue weighted by Crippen LogP contribution is 2.35. The van der Waals surface area contributed by atoms with E-state index in [-0.39, 0.29) is 11.7 Å². The lowest BCUT2D eigenvalue weighted by molar-refractivity contribution is 0.0994. The van der Waals surface area contributed by atoms with E-state index >= 15 is 0 Å². The van der Waals surface area contributed by atoms with E-state index in [0.717, 1.165) is 48.7 Å². The van der Waals surface area contributed by atoms with Gasteiger partial charge in [-0.2, -0.15) is 15.3 Å². The number of piperazine rings is 1. The first-order chi connectivity index (χ1) is 15.9. The van der Waals surface area contributed by atoms with E-state index in [0.29, 0.717) is 29.8 Å². The van der Waals surface area contributed by atoms with Crippen LogP contribution in [0.15, 0.2) is 24.4 Å². The van der Waals surface area contributed by atoms with Crippen LogP contribution in [0.4, 0.5) is 5.69 Å². The topological polar surface area (TPSA) is 126 Å². The summed E-state index contributed by atoms with van der Waals surface area (Å²) in [5, 5.41) is 14.0. The van der Waals surface area contributed by atoms with Crippen molar-refractivity contribution in [3.63, 3.8) is 0 Å². The molecule has 1 aliphatic heterocycles. The van der Waals surface area contributed by atoms with Gasteiger partial charge in [-0.15, -0.1) is 0 Å². The van der Waals surface area contributed by atoms with Crippen molar-refractivity contribution >= 4 is 11.6 Å². The molecule has 3 heterocycles. The number of primary amides is 1. The number of carbonyl (C=O) groups excluding carboxylic acids is 1. The molecule has 33 heavy (non-hydrogen) atoms. The second-order valence-corrected chi connectivity index (χ2v) is 8.37. The predicted octanol–water partition coefficient (Wildman–Crippen LogP) is 1.49. The van der Waals surface area contributed by atoms with Crippen molar-refractivity contribution in [2.45, 2.75) is 12.8 Å². The number of benzene rings is 1. The first-order valence-corrected chi connectivity index (χ1v) is 10.8. The molecule has 2 aromatic heterocycles. The molecule has 0 bridgehead atoms. The van der Waals surface area contributed by atoms with Gasteiger partial charge >= 0.3 is 6.01 Å². The molecule has 0 radical (unpaired) electrons. The Kier molecular flexibility index (Phi) is 5.18. The molecule has 1 saturated heterocycles. The number of ether oxygens (including phenoxy) is 1. The molecule has 0 unspecified atom stereocenters. The Bertz CT molecular complexity index is 1280. The minimum absolute atomic E-state index is 0.132. The summed E-state index contributed by atoms with van der Waals surface area (Å²) in [5.74, 6) is -0.158. The van der Waals surface area contributed by atoms with E-state index in [1.807, 2.05) is 12.1 Å². The average Bonchev–Trinajstić information content (AvgIpc) is 3.17. The molecule has 1 amide bonds. The second-order valence-electron chi connectivity index (χ2n) is 8.37. The van der Waals surface area contributed by atoms with Gasteiger partial charge < -0.3 is 20.3 Å². The Labute approximate surface area is 191 Å². The summed E-state index contributed by atoms with van der Waals surface area (Å²) in [6, 6.07) is 7.94. The minimum atomic E-state index is -0.556. The number of nitriles is 1. The van der Waals surface area contributed by atoms with Gasteiger partial charge in [0.1, 0.15) is 11.8 Å². The Hall–Kier alpha value is -3.97. The standard InChI is InChI=1S/C23H24N8O2/c1-29-7-9-31(10-8-29)16-4-6-18(15(11-16)12-24)33-23-26-13-14-3-5-17-20(22(25)32)28-30(2)21(17)19(14)27-23/h4,6,11,13H,3,5,7-10H2,1-2H3,(H2,25,32). The summed E-state index contributed by atoms with van der Waals surface area (Å²) in [7, 11) is 3.87. The van der Waals surface area contributed by atoms with Gasteiger partial charge in [0.25, 0.3) is 5.91 Å². The van der Waals surface area contributed by atoms with Crippen LogP contribution >= 0.6 is 0 Å². The van der Waals surface area contributed by atoms with E-state index < -0.39 is 5.91 Å². The Morgan fingerprint density at radius 2 is 1.97 bits per heavy atom. The molecule has 3 aromatic rings. The zero-order valence-electron chi connectivity index (χ0n) is 18.6. The molecule has 2 aliphatic rings. The summed E-state index contributed by atoms with van der Waals surface area (Å²) < 4.78 is 7.56. The molecular formula is C23H24N8O2. The van der Waals surface area contributed by atoms with E-state index in [2.05, 4.69) is 38.0 Å². The van der Waals surface area contributed by atoms with Gasteiger partial charge in [0.2, 0.25) is 0 Å². The minimum Gasteiger partial charge on any atom is -0.423 e. The smallest absolute Gasteiger partial charge is 0.322 e. The van der Waals surface area contributed by atoms with Crippen molar-refractivity contribution < 1.29 is 9.53 Å². The van der Waals surface area contributed by atoms with Gasteiger partial charge in [-0.3, -0.25) is 9.48 Å². The number of aromatic nitrogens is 4. The van der Waals surface area contributed by atoms with E-state index in [9.17, 15) is 10.1 Å². The molecule has 0 spiro atoms. The van der Waals surface area contributed by atoms with Gasteiger partial charge in [0.15, 0.2) is 5.69 Å². The van der Waals surface area contributed by atoms with Gasteiger partial charge in [-0.1, -0.05) is 0 Å². The number of aryl methyl sites for hydroxylation is 2. The molecule has 1 aliphatic carbocycles. The van der Waals surface area contributed by atoms with Crippen molar-refractivity contribution in [3.8, 4) is 29.2 Å². The van der Waals surface area contributed by atoms with E-state index in [1.165, 1.54) is 0 Å². The highest BCUT2D eigenvalue weighted by atomic mass is 16.5. The molecule has 2 N–H and O–H groups in total. The van der Waals surface area contributed by atoms with Crippen LogP contribution in [0.25, 0.3) is 11.4 Å². The highest BCUT2D eigenvalue weighted by molar-refractivity contribution is 5.94. The molecule has 1 aromatic carbocycles. The van der Waals surface area contributed by atoms with Gasteiger partial charge in [-0.25, -0.2) is 4.98 Å². The predicted molar refractivity (Wildman–Crippen MR) is 121 cm³/mol. The van der Waals surface area contributed by atoms with E-state index in [1.54, 1.807) is 24.0 Å². The second kappa shape index (κ2) is 8.18. The third-order valence-corrected chi connectivity index (χ3v) is 6.24. The number of nitrogens with two attached hydrogens (primary N) is 1. The SMILES string of the molecule is CN1CCN(c2ccc(Oc3ncc4c(n3)-c3c(c(C(N)=O)nn3C)CC4)c(C#N)c2)CC1. The molecule has 5 rings (SSSR count). The van der Waals surface area contributed by atoms with Crippen LogP contribution < -0.4 is 15.4 Å². The molecule has 10 nitrogen and oxygen atoms in total. The quantitative estimate of drug-likeness (QED) is 0.641. The first-order valence-electron chi connectivity index (χ1n) is 10.8. The zero-order valence-corrected chi connectivity index (χ0v) is 18.6. The van der Waals surface area contributed by atoms with Crippen molar-refractivity contribution in [1.29, 1.82) is 5.26 Å². The number of carbonyl (C=O) groups is 1. The Morgan fingerprint density at radius 1 is 1.18 bits per heavy atom. The first kappa shape index (κ1) is 20.9. The number of anilines is 1. The number of nitrogens with zero attached hydrogens (tertiary/aromatic N) is 7. The van der Waals surface area contributed by atoms with Crippen molar-refractivity contribution in [1.82, 2.24) is 24.6 Å². The summed E-state index contributed by atoms with van der Waals surface area (Å²) in [5.41, 5.74) is 10.3. The lowest BCUT2D eigenvalue weighted by atomic mass is 9.93. The Balaban J connectivity index is 1.45. The molecule has 0 atom stereocenters. The van der Waals surface area contributed by atoms with Crippen LogP contribution in [0.1, 0.15) is 27.2 Å². The normalized spacial score (nSPS) is 15.5. The van der Waals surface area contributed by atoms with E-state index in [4.69, 9.17) is 10.5 Å². The maximum absolute atomic E-state index is 11.8. The van der Waals surface area contributed by atoms with Crippen molar-refractivity contribution in [2.24, 2.45) is 12.8 Å². The van der Waals surface area contributed by atoms with Crippen LogP contribution in [0, 0.1) is 11.3 Å². The molecular weight excluding hydrogens is 420 g/mol. The van der Waals surface area contributed by atoms with Crippen molar-refractivity contribution in [2.75, 3.05) is 38.1 Å². The maximum atomic E-state index is 11.8. The van der Waals surface area contributed by atoms with Crippen LogP contribution in [0.5, 0.6) is 11.8 Å². The summed E-state index contributed by atoms with van der Waals surface area (Å²) in [4.78, 5) is 25.3. The fourth-order valence-electron chi connectivity index (χ4n) is 4.44. The van der Waals surface area contributed by atoms with Crippen molar-refractivity contribution in [3.05, 3.63) is 46.8 Å². The largest absolute Gasteiger partial charge is 0.423 e. The lowest BCUT2D eigenvalue weighted by Crippen LogP contribution is -2.44. The molecule has 1 fully saturated rings. The average molecular weight is 444 g/mol. The maximum Gasteiger partial charge on any atom is 0.322 e. The van der Waals surface area contributed by atoms with Crippen LogP contribution in [0.3, 0.4) is 0 Å². The fraction of sp³-hybridized carbons (Fsp3) is 0.348. The summed E-state index contributed by atoms with van der Waals surface area (Å²) in [6.07, 6.45) is 3.05. The lowest BCUT2D eigenvalue weighted by Gasteiger charge is -2.34. The van der Waals surface area contributed by atoms with Crippen LogP contribution in [-0.4, -0.2) is 63.8 Å². The van der Waals surface area contributed by atoms with Crippen LogP contribution in [0.2, 0.25) is 0 Å². The van der Waals surface area contributed by atoms with Crippen LogP contribution in [-0.2, 0) is 19.9 Å². The molecule has 10 heteroatoms. The highest BCUT2D eigenvalue weighted by Gasteiger charge is 2.28. The monoisotopic (exact) mass is 444 g/mol. The molecule has 168 valence electrons. The van der Waals surface area contributed by atoms with Gasteiger partial charge in [0, 0.05) is 50.7 Å². The fourth-order valence-corrected chi connectivity index (χ4v) is 4.44. The number of hydrogen-bond acceptors (Lipinski definition) is 8. The number of hydrogen-bond donors (Lipinski definition) is 1. The zero-order chi connectivity index (χ0) is 23.1. The third kappa shape index (κ3) is 3.76. The summed E-state index contributed by atoms with van der Waals surface area (Å²) >= 11 is 0.